The van der Waals surface area contributed by atoms with Gasteiger partial charge in [0.15, 0.2) is 0 Å². The molecule has 1 radical (unpaired) electrons. The van der Waals surface area contributed by atoms with Crippen LogP contribution in [0.2, 0.25) is 0 Å². The Bertz CT molecular complexity index is 1280. The van der Waals surface area contributed by atoms with Crippen LogP contribution < -0.4 is 10.2 Å². The number of rotatable bonds is 6. The third-order valence-corrected chi connectivity index (χ3v) is 4.36. The Morgan fingerprint density at radius 2 is 0.946 bits per heavy atom. The van der Waals surface area contributed by atoms with E-state index in [0.717, 1.165) is 0 Å². The molecule has 0 bridgehead atoms. The van der Waals surface area contributed by atoms with Gasteiger partial charge in [-0.25, -0.2) is 8.78 Å². The van der Waals surface area contributed by atoms with Crippen LogP contribution >= 0.6 is 0 Å². The van der Waals surface area contributed by atoms with Crippen LogP contribution in [0.25, 0.3) is 0 Å². The molecule has 37 heavy (non-hydrogen) atoms. The van der Waals surface area contributed by atoms with Gasteiger partial charge in [-0.15, -0.1) is 0 Å². The number of hydrogen-bond donors (Lipinski definition) is 0. The van der Waals surface area contributed by atoms with E-state index in [1.54, 1.807) is 36.4 Å². The van der Waals surface area contributed by atoms with Crippen molar-refractivity contribution in [3.05, 3.63) is 131 Å². The second kappa shape index (κ2) is 15.4. The monoisotopic (exact) mass is 547 g/mol. The molecule has 4 aromatic rings. The molecule has 2 aromatic heterocycles. The minimum absolute atomic E-state index is 0. The zero-order valence-corrected chi connectivity index (χ0v) is 19.9. The normalized spacial score (nSPS) is 11.6. The van der Waals surface area contributed by atoms with Crippen LogP contribution in [0.15, 0.2) is 118 Å². The number of aromatic nitrogens is 2. The zero-order valence-electron chi connectivity index (χ0n) is 18.9. The predicted molar refractivity (Wildman–Crippen MR) is 130 cm³/mol. The second-order valence-corrected chi connectivity index (χ2v) is 6.81. The van der Waals surface area contributed by atoms with Crippen LogP contribution in [0, 0.1) is 11.6 Å². The van der Waals surface area contributed by atoms with Gasteiger partial charge in [-0.3, -0.25) is 9.97 Å². The van der Waals surface area contributed by atoms with Gasteiger partial charge in [0.1, 0.15) is 11.6 Å². The first kappa shape index (κ1) is 28.6. The van der Waals surface area contributed by atoms with Crippen molar-refractivity contribution in [2.24, 2.45) is 20.4 Å². The summed E-state index contributed by atoms with van der Waals surface area (Å²) in [7, 11) is 0. The Morgan fingerprint density at radius 1 is 0.595 bits per heavy atom. The smallest absolute Gasteiger partial charge is 0.857 e. The topological polar surface area (TPSA) is 121 Å². The quantitative estimate of drug-likeness (QED) is 0.159. The molecule has 0 fully saturated rings. The Kier molecular flexibility index (Phi) is 11.9. The van der Waals surface area contributed by atoms with Crippen molar-refractivity contribution < 1.29 is 36.1 Å². The van der Waals surface area contributed by atoms with E-state index in [4.69, 9.17) is 0 Å². The third kappa shape index (κ3) is 9.52. The molecule has 8 nitrogen and oxygen atoms in total. The zero-order chi connectivity index (χ0) is 25.6. The van der Waals surface area contributed by atoms with E-state index in [0.29, 0.717) is 11.1 Å². The summed E-state index contributed by atoms with van der Waals surface area (Å²) in [6.07, 6.45) is 8.36. The fourth-order valence-corrected chi connectivity index (χ4v) is 2.55. The van der Waals surface area contributed by atoms with Gasteiger partial charge < -0.3 is 10.2 Å². The molecule has 0 aliphatic rings. The summed E-state index contributed by atoms with van der Waals surface area (Å²) in [6, 6.07) is 18.3. The molecule has 0 unspecified atom stereocenters. The van der Waals surface area contributed by atoms with E-state index in [-0.39, 0.29) is 28.2 Å². The molecule has 4 rings (SSSR count). The van der Waals surface area contributed by atoms with Crippen LogP contribution in [-0.4, -0.2) is 34.2 Å². The molecule has 0 N–H and O–H groups in total. The van der Waals surface area contributed by atoms with Crippen LogP contribution in [0.1, 0.15) is 22.3 Å². The fraction of sp³-hybridized carbons (Fsp3) is 0. The first-order chi connectivity index (χ1) is 17.5. The van der Waals surface area contributed by atoms with Gasteiger partial charge in [0.25, 0.3) is 0 Å². The van der Waals surface area contributed by atoms with Crippen molar-refractivity contribution in [1.82, 2.24) is 9.97 Å². The maximum Gasteiger partial charge on any atom is 2.00 e. The van der Waals surface area contributed by atoms with E-state index >= 15 is 0 Å². The average Bonchev–Trinajstić information content (AvgIpc) is 2.92. The van der Waals surface area contributed by atoms with Gasteiger partial charge in [-0.1, -0.05) is 36.4 Å². The summed E-state index contributed by atoms with van der Waals surface area (Å²) >= 11 is 0. The van der Waals surface area contributed by atoms with E-state index in [9.17, 15) is 19.0 Å². The minimum atomic E-state index is -0.495. The summed E-state index contributed by atoms with van der Waals surface area (Å²) in [5, 5.41) is 37.1. The molecular formula is C26H18CuF2N6O2. The molecule has 2 aromatic carbocycles. The number of hydrogen-bond acceptors (Lipinski definition) is 8. The first-order valence-corrected chi connectivity index (χ1v) is 10.4. The molecular weight excluding hydrogens is 530 g/mol. The van der Waals surface area contributed by atoms with Crippen molar-refractivity contribution >= 4 is 24.2 Å². The number of benzene rings is 2. The van der Waals surface area contributed by atoms with Crippen molar-refractivity contribution in [1.29, 1.82) is 0 Å². The SMILES string of the molecule is [Cu+2].[O-]/C(=N\N=C/c1ccccc1F)c1ccncc1.[O-]/C(=N\N=C\c1ccccc1F)c1ccncc1. The molecule has 0 amide bonds. The molecule has 0 saturated heterocycles. The van der Waals surface area contributed by atoms with Gasteiger partial charge in [0, 0.05) is 47.7 Å². The predicted octanol–water partition coefficient (Wildman–Crippen LogP) is 2.72. The van der Waals surface area contributed by atoms with Crippen molar-refractivity contribution in [3.63, 3.8) is 0 Å². The standard InChI is InChI=1S/2C13H10FN3O.Cu/c2*14-12-4-2-1-3-11(12)9-16-17-13(18)10-5-7-15-8-6-10;/h2*1-9H,(H,17,18);/q;;+2/p-2/b16-9+;16-9-;. The summed E-state index contributed by atoms with van der Waals surface area (Å²) in [5.41, 5.74) is 1.33. The maximum absolute atomic E-state index is 13.2. The minimum Gasteiger partial charge on any atom is -0.857 e. The fourth-order valence-electron chi connectivity index (χ4n) is 2.55. The Labute approximate surface area is 222 Å². The summed E-state index contributed by atoms with van der Waals surface area (Å²) in [4.78, 5) is 7.57. The Morgan fingerprint density at radius 3 is 1.30 bits per heavy atom. The Balaban J connectivity index is 0.000000253. The molecule has 189 valence electrons. The number of pyridine rings is 2. The molecule has 11 heteroatoms. The van der Waals surface area contributed by atoms with Gasteiger partial charge in [-0.2, -0.15) is 20.4 Å². The first-order valence-electron chi connectivity index (χ1n) is 10.4. The largest absolute Gasteiger partial charge is 2.00 e. The summed E-state index contributed by atoms with van der Waals surface area (Å²) < 4.78 is 26.4. The summed E-state index contributed by atoms with van der Waals surface area (Å²) in [6.45, 7) is 0. The maximum atomic E-state index is 13.2. The molecule has 0 aliphatic heterocycles. The van der Waals surface area contributed by atoms with Crippen molar-refractivity contribution in [3.8, 4) is 0 Å². The molecule has 0 spiro atoms. The molecule has 0 saturated carbocycles. The Hall–Kier alpha value is -4.60. The third-order valence-electron chi connectivity index (χ3n) is 4.36. The van der Waals surface area contributed by atoms with Crippen LogP contribution in [0.4, 0.5) is 8.78 Å². The van der Waals surface area contributed by atoms with E-state index in [1.165, 1.54) is 73.6 Å². The summed E-state index contributed by atoms with van der Waals surface area (Å²) in [5.74, 6) is -1.81. The van der Waals surface area contributed by atoms with Crippen LogP contribution in [-0.2, 0) is 17.1 Å². The van der Waals surface area contributed by atoms with Gasteiger partial charge in [0.05, 0.1) is 12.4 Å². The van der Waals surface area contributed by atoms with Crippen molar-refractivity contribution in [2.45, 2.75) is 0 Å². The van der Waals surface area contributed by atoms with Crippen LogP contribution in [0.5, 0.6) is 0 Å². The number of nitrogens with zero attached hydrogens (tertiary/aromatic N) is 6. The van der Waals surface area contributed by atoms with Gasteiger partial charge in [0.2, 0.25) is 0 Å². The van der Waals surface area contributed by atoms with Gasteiger partial charge >= 0.3 is 17.1 Å². The van der Waals surface area contributed by atoms with Gasteiger partial charge in [-0.05, 0) is 47.5 Å². The van der Waals surface area contributed by atoms with Crippen molar-refractivity contribution in [2.75, 3.05) is 0 Å². The van der Waals surface area contributed by atoms with E-state index in [2.05, 4.69) is 30.4 Å². The molecule has 2 heterocycles. The van der Waals surface area contributed by atoms with E-state index < -0.39 is 23.4 Å². The number of halogens is 2. The van der Waals surface area contributed by atoms with E-state index in [1.807, 2.05) is 0 Å². The second-order valence-electron chi connectivity index (χ2n) is 6.81. The molecule has 0 atom stereocenters. The average molecular weight is 548 g/mol. The van der Waals surface area contributed by atoms with Crippen LogP contribution in [0.3, 0.4) is 0 Å². The molecule has 0 aliphatic carbocycles.